The highest BCUT2D eigenvalue weighted by atomic mass is 32.1. The van der Waals surface area contributed by atoms with Gasteiger partial charge in [-0.3, -0.25) is 0 Å². The number of carbonyl (C=O) groups excluding carboxylic acids is 1. The summed E-state index contributed by atoms with van der Waals surface area (Å²) in [5.74, 6) is 0.232. The van der Waals surface area contributed by atoms with Gasteiger partial charge in [-0.25, -0.2) is 4.79 Å². The number of anilines is 1. The first-order valence-electron chi connectivity index (χ1n) is 6.82. The van der Waals surface area contributed by atoms with E-state index in [2.05, 4.69) is 29.4 Å². The van der Waals surface area contributed by atoms with E-state index in [4.69, 9.17) is 4.74 Å². The van der Waals surface area contributed by atoms with Crippen LogP contribution in [-0.2, 0) is 17.7 Å². The van der Waals surface area contributed by atoms with Crippen LogP contribution in [0.1, 0.15) is 34.8 Å². The molecule has 0 bridgehead atoms. The van der Waals surface area contributed by atoms with Gasteiger partial charge in [-0.1, -0.05) is 43.4 Å². The zero-order valence-corrected chi connectivity index (χ0v) is 13.2. The zero-order valence-electron chi connectivity index (χ0n) is 12.4. The van der Waals surface area contributed by atoms with Gasteiger partial charge in [0.2, 0.25) is 5.13 Å². The van der Waals surface area contributed by atoms with E-state index in [1.807, 2.05) is 18.2 Å². The Bertz CT molecular complexity index is 610. The van der Waals surface area contributed by atoms with Gasteiger partial charge >= 0.3 is 5.97 Å². The molecule has 0 amide bonds. The number of hydrogen-bond donors (Lipinski definition) is 1. The third-order valence-corrected chi connectivity index (χ3v) is 3.81. The average molecular weight is 305 g/mol. The van der Waals surface area contributed by atoms with Gasteiger partial charge in [-0.05, 0) is 17.5 Å². The Hall–Kier alpha value is -1.95. The SMILES string of the molecule is COC(=O)c1ccccc1CNc1nnc(CC(C)C)s1. The molecule has 0 aliphatic rings. The molecule has 1 heterocycles. The molecule has 2 aromatic rings. The standard InChI is InChI=1S/C15H19N3O2S/c1-10(2)8-13-17-18-15(21-13)16-9-11-6-4-5-7-12(11)14(19)20-3/h4-7,10H,8-9H2,1-3H3,(H,16,18). The van der Waals surface area contributed by atoms with Crippen molar-refractivity contribution in [3.63, 3.8) is 0 Å². The van der Waals surface area contributed by atoms with Gasteiger partial charge in [0.25, 0.3) is 0 Å². The lowest BCUT2D eigenvalue weighted by molar-refractivity contribution is 0.0599. The third-order valence-electron chi connectivity index (χ3n) is 2.90. The summed E-state index contributed by atoms with van der Waals surface area (Å²) in [5.41, 5.74) is 1.45. The molecule has 0 saturated heterocycles. The van der Waals surface area contributed by atoms with E-state index in [-0.39, 0.29) is 5.97 Å². The number of rotatable bonds is 6. The van der Waals surface area contributed by atoms with Crippen LogP contribution in [0.4, 0.5) is 5.13 Å². The van der Waals surface area contributed by atoms with Crippen LogP contribution in [0.3, 0.4) is 0 Å². The highest BCUT2D eigenvalue weighted by Crippen LogP contribution is 2.19. The molecule has 21 heavy (non-hydrogen) atoms. The Morgan fingerprint density at radius 3 is 2.81 bits per heavy atom. The summed E-state index contributed by atoms with van der Waals surface area (Å²) in [7, 11) is 1.38. The van der Waals surface area contributed by atoms with Crippen molar-refractivity contribution < 1.29 is 9.53 Å². The van der Waals surface area contributed by atoms with Crippen molar-refractivity contribution in [2.24, 2.45) is 5.92 Å². The number of nitrogens with one attached hydrogen (secondary N) is 1. The summed E-state index contributed by atoms with van der Waals surface area (Å²) < 4.78 is 4.78. The lowest BCUT2D eigenvalue weighted by Gasteiger charge is -2.07. The van der Waals surface area contributed by atoms with Crippen molar-refractivity contribution in [2.45, 2.75) is 26.8 Å². The quantitative estimate of drug-likeness (QED) is 0.831. The second kappa shape index (κ2) is 7.17. The number of ether oxygens (including phenoxy) is 1. The highest BCUT2D eigenvalue weighted by Gasteiger charge is 2.11. The normalized spacial score (nSPS) is 10.7. The van der Waals surface area contributed by atoms with E-state index in [1.165, 1.54) is 7.11 Å². The van der Waals surface area contributed by atoms with E-state index in [0.29, 0.717) is 18.0 Å². The smallest absolute Gasteiger partial charge is 0.338 e. The molecule has 0 unspecified atom stereocenters. The third kappa shape index (κ3) is 4.26. The summed E-state index contributed by atoms with van der Waals surface area (Å²) in [5, 5.41) is 13.3. The van der Waals surface area contributed by atoms with Crippen LogP contribution >= 0.6 is 11.3 Å². The lowest BCUT2D eigenvalue weighted by atomic mass is 10.1. The predicted molar refractivity (Wildman–Crippen MR) is 83.6 cm³/mol. The summed E-state index contributed by atoms with van der Waals surface area (Å²) in [6.45, 7) is 4.82. The molecule has 0 spiro atoms. The van der Waals surface area contributed by atoms with Crippen LogP contribution in [0.2, 0.25) is 0 Å². The van der Waals surface area contributed by atoms with Crippen LogP contribution in [0.5, 0.6) is 0 Å². The first-order chi connectivity index (χ1) is 10.1. The number of carbonyl (C=O) groups is 1. The average Bonchev–Trinajstić information content (AvgIpc) is 2.91. The highest BCUT2D eigenvalue weighted by molar-refractivity contribution is 7.15. The molecular formula is C15H19N3O2S. The van der Waals surface area contributed by atoms with Crippen molar-refractivity contribution in [3.05, 3.63) is 40.4 Å². The van der Waals surface area contributed by atoms with Crippen molar-refractivity contribution in [1.29, 1.82) is 0 Å². The Labute approximate surface area is 128 Å². The van der Waals surface area contributed by atoms with Crippen LogP contribution < -0.4 is 5.32 Å². The van der Waals surface area contributed by atoms with Gasteiger partial charge in [-0.15, -0.1) is 10.2 Å². The maximum absolute atomic E-state index is 11.7. The summed E-state index contributed by atoms with van der Waals surface area (Å²) >= 11 is 1.55. The molecule has 0 fully saturated rings. The van der Waals surface area contributed by atoms with E-state index < -0.39 is 0 Å². The minimum Gasteiger partial charge on any atom is -0.465 e. The Kier molecular flexibility index (Phi) is 5.27. The molecule has 2 rings (SSSR count). The largest absolute Gasteiger partial charge is 0.465 e. The number of hydrogen-bond acceptors (Lipinski definition) is 6. The molecule has 0 aliphatic carbocycles. The minimum absolute atomic E-state index is 0.329. The molecule has 1 aromatic heterocycles. The number of methoxy groups -OCH3 is 1. The summed E-state index contributed by atoms with van der Waals surface area (Å²) in [4.78, 5) is 11.7. The molecule has 0 radical (unpaired) electrons. The Morgan fingerprint density at radius 2 is 2.10 bits per heavy atom. The van der Waals surface area contributed by atoms with E-state index in [1.54, 1.807) is 17.4 Å². The second-order valence-electron chi connectivity index (χ2n) is 5.10. The fourth-order valence-electron chi connectivity index (χ4n) is 1.91. The van der Waals surface area contributed by atoms with E-state index >= 15 is 0 Å². The van der Waals surface area contributed by atoms with Gasteiger partial charge in [0.1, 0.15) is 5.01 Å². The van der Waals surface area contributed by atoms with E-state index in [9.17, 15) is 4.79 Å². The first kappa shape index (κ1) is 15.4. The summed E-state index contributed by atoms with van der Waals surface area (Å²) in [6.07, 6.45) is 0.929. The van der Waals surface area contributed by atoms with Crippen LogP contribution in [0.25, 0.3) is 0 Å². The maximum Gasteiger partial charge on any atom is 0.338 e. The van der Waals surface area contributed by atoms with Crippen LogP contribution in [0.15, 0.2) is 24.3 Å². The van der Waals surface area contributed by atoms with Crippen LogP contribution in [0, 0.1) is 5.92 Å². The molecule has 0 atom stereocenters. The number of benzene rings is 1. The minimum atomic E-state index is -0.329. The van der Waals surface area contributed by atoms with Gasteiger partial charge in [0, 0.05) is 13.0 Å². The lowest BCUT2D eigenvalue weighted by Crippen LogP contribution is -2.08. The van der Waals surface area contributed by atoms with Gasteiger partial charge in [-0.2, -0.15) is 0 Å². The van der Waals surface area contributed by atoms with Crippen molar-refractivity contribution in [2.75, 3.05) is 12.4 Å². The van der Waals surface area contributed by atoms with Crippen molar-refractivity contribution in [3.8, 4) is 0 Å². The molecule has 1 N–H and O–H groups in total. The number of aromatic nitrogens is 2. The van der Waals surface area contributed by atoms with Crippen LogP contribution in [-0.4, -0.2) is 23.3 Å². The topological polar surface area (TPSA) is 64.1 Å². The molecule has 6 heteroatoms. The first-order valence-corrected chi connectivity index (χ1v) is 7.64. The predicted octanol–water partition coefficient (Wildman–Crippen LogP) is 3.14. The summed E-state index contributed by atoms with van der Waals surface area (Å²) in [6, 6.07) is 7.37. The molecule has 0 saturated carbocycles. The Balaban J connectivity index is 2.03. The number of esters is 1. The monoisotopic (exact) mass is 305 g/mol. The maximum atomic E-state index is 11.7. The molecule has 112 valence electrons. The van der Waals surface area contributed by atoms with Crippen molar-refractivity contribution >= 4 is 22.4 Å². The van der Waals surface area contributed by atoms with E-state index in [0.717, 1.165) is 22.1 Å². The zero-order chi connectivity index (χ0) is 15.2. The van der Waals surface area contributed by atoms with Gasteiger partial charge < -0.3 is 10.1 Å². The molecule has 5 nitrogen and oxygen atoms in total. The molecule has 0 aliphatic heterocycles. The molecule has 1 aromatic carbocycles. The fraction of sp³-hybridized carbons (Fsp3) is 0.400. The fourth-order valence-corrected chi connectivity index (χ4v) is 2.86. The van der Waals surface area contributed by atoms with Gasteiger partial charge in [0.15, 0.2) is 0 Å². The molecular weight excluding hydrogens is 286 g/mol. The number of nitrogens with zero attached hydrogens (tertiary/aromatic N) is 2. The van der Waals surface area contributed by atoms with Gasteiger partial charge in [0.05, 0.1) is 12.7 Å². The van der Waals surface area contributed by atoms with Crippen molar-refractivity contribution in [1.82, 2.24) is 10.2 Å². The Morgan fingerprint density at radius 1 is 1.33 bits per heavy atom. The second-order valence-corrected chi connectivity index (χ2v) is 6.16.